The molecule has 0 atom stereocenters. The number of amides is 1. The second-order valence-corrected chi connectivity index (χ2v) is 7.83. The number of hydrogen-bond acceptors (Lipinski definition) is 3. The Bertz CT molecular complexity index is 1020. The van der Waals surface area contributed by atoms with Crippen LogP contribution < -0.4 is 10.5 Å². The van der Waals surface area contributed by atoms with Crippen molar-refractivity contribution in [1.82, 2.24) is 5.32 Å². The Morgan fingerprint density at radius 3 is 2.27 bits per heavy atom. The lowest BCUT2D eigenvalue weighted by atomic mass is 10.0. The standard InChI is InChI=1S/C20H20N2O3S/c21-26(24,25)14-16-10-8-15(9-11-16)13-22-20(23)12-18-6-3-5-17-4-1-2-7-19(17)18/h1-11H,12-14H2,(H,22,23)(H2,21,24,25). The number of hydrogen-bond donors (Lipinski definition) is 2. The highest BCUT2D eigenvalue weighted by atomic mass is 32.2. The van der Waals surface area contributed by atoms with E-state index in [0.29, 0.717) is 18.5 Å². The van der Waals surface area contributed by atoms with Crippen molar-refractivity contribution < 1.29 is 13.2 Å². The molecule has 0 spiro atoms. The number of rotatable bonds is 6. The molecule has 0 heterocycles. The zero-order valence-electron chi connectivity index (χ0n) is 14.2. The van der Waals surface area contributed by atoms with Gasteiger partial charge in [-0.25, -0.2) is 13.6 Å². The molecule has 0 unspecified atom stereocenters. The van der Waals surface area contributed by atoms with Crippen molar-refractivity contribution in [3.8, 4) is 0 Å². The van der Waals surface area contributed by atoms with Crippen LogP contribution in [0.15, 0.2) is 66.7 Å². The topological polar surface area (TPSA) is 89.3 Å². The van der Waals surface area contributed by atoms with Crippen LogP contribution in [0.25, 0.3) is 10.8 Å². The van der Waals surface area contributed by atoms with E-state index in [1.807, 2.05) is 42.5 Å². The molecule has 0 aliphatic rings. The molecule has 3 aromatic rings. The Morgan fingerprint density at radius 1 is 0.885 bits per heavy atom. The van der Waals surface area contributed by atoms with Gasteiger partial charge in [-0.15, -0.1) is 0 Å². The Labute approximate surface area is 152 Å². The first-order valence-corrected chi connectivity index (χ1v) is 9.94. The van der Waals surface area contributed by atoms with Gasteiger partial charge in [0.15, 0.2) is 0 Å². The van der Waals surface area contributed by atoms with Gasteiger partial charge in [-0.05, 0) is 27.5 Å². The van der Waals surface area contributed by atoms with Crippen LogP contribution in [-0.4, -0.2) is 14.3 Å². The number of carbonyl (C=O) groups is 1. The first-order chi connectivity index (χ1) is 12.4. The molecule has 0 aromatic heterocycles. The lowest BCUT2D eigenvalue weighted by Crippen LogP contribution is -2.24. The third-order valence-electron chi connectivity index (χ3n) is 4.11. The first-order valence-electron chi connectivity index (χ1n) is 8.22. The van der Waals surface area contributed by atoms with Crippen LogP contribution in [0.3, 0.4) is 0 Å². The fourth-order valence-corrected chi connectivity index (χ4v) is 3.53. The Morgan fingerprint density at radius 2 is 1.54 bits per heavy atom. The van der Waals surface area contributed by atoms with E-state index < -0.39 is 10.0 Å². The maximum absolute atomic E-state index is 12.3. The fourth-order valence-electron chi connectivity index (χ4n) is 2.87. The van der Waals surface area contributed by atoms with Gasteiger partial charge in [0.25, 0.3) is 0 Å². The van der Waals surface area contributed by atoms with Crippen LogP contribution in [0.4, 0.5) is 0 Å². The molecule has 0 saturated heterocycles. The van der Waals surface area contributed by atoms with Gasteiger partial charge in [0.2, 0.25) is 15.9 Å². The van der Waals surface area contributed by atoms with E-state index in [2.05, 4.69) is 5.32 Å². The van der Waals surface area contributed by atoms with E-state index in [-0.39, 0.29) is 11.7 Å². The summed E-state index contributed by atoms with van der Waals surface area (Å²) in [6.45, 7) is 0.388. The molecule has 0 saturated carbocycles. The summed E-state index contributed by atoms with van der Waals surface area (Å²) >= 11 is 0. The van der Waals surface area contributed by atoms with Crippen LogP contribution in [0.5, 0.6) is 0 Å². The summed E-state index contributed by atoms with van der Waals surface area (Å²) in [5.74, 6) is -0.254. The normalized spacial score (nSPS) is 11.4. The van der Waals surface area contributed by atoms with E-state index >= 15 is 0 Å². The van der Waals surface area contributed by atoms with Crippen LogP contribution in [0.2, 0.25) is 0 Å². The van der Waals surface area contributed by atoms with Crippen molar-refractivity contribution in [3.63, 3.8) is 0 Å². The average molecular weight is 368 g/mol. The summed E-state index contributed by atoms with van der Waals surface area (Å²) in [5.41, 5.74) is 2.51. The summed E-state index contributed by atoms with van der Waals surface area (Å²) in [6.07, 6.45) is 0.310. The van der Waals surface area contributed by atoms with Crippen molar-refractivity contribution in [2.45, 2.75) is 18.7 Å². The van der Waals surface area contributed by atoms with Crippen LogP contribution in [0, 0.1) is 0 Å². The predicted molar refractivity (Wildman–Crippen MR) is 103 cm³/mol. The summed E-state index contributed by atoms with van der Waals surface area (Å²) in [5, 5.41) is 10.1. The van der Waals surface area contributed by atoms with Gasteiger partial charge in [-0.3, -0.25) is 4.79 Å². The number of nitrogens with two attached hydrogens (primary N) is 1. The predicted octanol–water partition coefficient (Wildman–Crippen LogP) is 2.49. The number of carbonyl (C=O) groups excluding carboxylic acids is 1. The molecule has 26 heavy (non-hydrogen) atoms. The highest BCUT2D eigenvalue weighted by Gasteiger charge is 2.08. The molecule has 0 fully saturated rings. The lowest BCUT2D eigenvalue weighted by Gasteiger charge is -2.08. The van der Waals surface area contributed by atoms with Gasteiger partial charge in [-0.1, -0.05) is 66.7 Å². The molecule has 5 nitrogen and oxygen atoms in total. The summed E-state index contributed by atoms with van der Waals surface area (Å²) < 4.78 is 22.2. The van der Waals surface area contributed by atoms with Crippen molar-refractivity contribution >= 4 is 26.7 Å². The molecule has 0 aliphatic carbocycles. The molecule has 0 radical (unpaired) electrons. The minimum atomic E-state index is -3.54. The molecule has 3 N–H and O–H groups in total. The van der Waals surface area contributed by atoms with Crippen molar-refractivity contribution in [1.29, 1.82) is 0 Å². The van der Waals surface area contributed by atoms with Gasteiger partial charge >= 0.3 is 0 Å². The van der Waals surface area contributed by atoms with Crippen molar-refractivity contribution in [2.24, 2.45) is 5.14 Å². The largest absolute Gasteiger partial charge is 0.352 e. The highest BCUT2D eigenvalue weighted by molar-refractivity contribution is 7.88. The molecular weight excluding hydrogens is 348 g/mol. The molecule has 6 heteroatoms. The molecule has 3 rings (SSSR count). The second-order valence-electron chi connectivity index (χ2n) is 6.22. The number of primary sulfonamides is 1. The average Bonchev–Trinajstić information content (AvgIpc) is 2.60. The maximum atomic E-state index is 12.3. The van der Waals surface area contributed by atoms with Crippen LogP contribution in [0.1, 0.15) is 16.7 Å². The van der Waals surface area contributed by atoms with E-state index in [1.54, 1.807) is 24.3 Å². The van der Waals surface area contributed by atoms with Crippen molar-refractivity contribution in [2.75, 3.05) is 0 Å². The van der Waals surface area contributed by atoms with E-state index in [9.17, 15) is 13.2 Å². The van der Waals surface area contributed by atoms with Gasteiger partial charge in [0, 0.05) is 6.54 Å². The van der Waals surface area contributed by atoms with Crippen LogP contribution in [-0.2, 0) is 33.5 Å². The number of fused-ring (bicyclic) bond motifs is 1. The monoisotopic (exact) mass is 368 g/mol. The number of nitrogens with one attached hydrogen (secondary N) is 1. The van der Waals surface area contributed by atoms with Gasteiger partial charge in [-0.2, -0.15) is 0 Å². The molecule has 0 bridgehead atoms. The zero-order valence-corrected chi connectivity index (χ0v) is 15.0. The Hall–Kier alpha value is -2.70. The van der Waals surface area contributed by atoms with Gasteiger partial charge in [0.1, 0.15) is 0 Å². The number of benzene rings is 3. The maximum Gasteiger partial charge on any atom is 0.224 e. The van der Waals surface area contributed by atoms with Crippen LogP contribution >= 0.6 is 0 Å². The molecule has 0 aliphatic heterocycles. The molecular formula is C20H20N2O3S. The summed E-state index contributed by atoms with van der Waals surface area (Å²) in [7, 11) is -3.54. The zero-order chi connectivity index (χ0) is 18.6. The van der Waals surface area contributed by atoms with Crippen molar-refractivity contribution in [3.05, 3.63) is 83.4 Å². The third kappa shape index (κ3) is 4.91. The van der Waals surface area contributed by atoms with Gasteiger partial charge < -0.3 is 5.32 Å². The quantitative estimate of drug-likeness (QED) is 0.700. The minimum absolute atomic E-state index is 0.0602. The SMILES string of the molecule is NS(=O)(=O)Cc1ccc(CNC(=O)Cc2cccc3ccccc23)cc1. The minimum Gasteiger partial charge on any atom is -0.352 e. The lowest BCUT2D eigenvalue weighted by molar-refractivity contribution is -0.120. The first kappa shape index (κ1) is 18.1. The van der Waals surface area contributed by atoms with E-state index in [4.69, 9.17) is 5.14 Å². The Kier molecular flexibility index (Phi) is 5.35. The second kappa shape index (κ2) is 7.68. The highest BCUT2D eigenvalue weighted by Crippen LogP contribution is 2.18. The fraction of sp³-hybridized carbons (Fsp3) is 0.150. The molecule has 3 aromatic carbocycles. The smallest absolute Gasteiger partial charge is 0.224 e. The number of sulfonamides is 1. The van der Waals surface area contributed by atoms with E-state index in [0.717, 1.165) is 21.9 Å². The Balaban J connectivity index is 1.60. The molecule has 134 valence electrons. The summed E-state index contributed by atoms with van der Waals surface area (Å²) in [6, 6.07) is 20.9. The molecule has 1 amide bonds. The van der Waals surface area contributed by atoms with Gasteiger partial charge in [0.05, 0.1) is 12.2 Å². The third-order valence-corrected chi connectivity index (χ3v) is 4.85. The summed E-state index contributed by atoms with van der Waals surface area (Å²) in [4.78, 5) is 12.3. The van der Waals surface area contributed by atoms with E-state index in [1.165, 1.54) is 0 Å².